The van der Waals surface area contributed by atoms with Gasteiger partial charge in [-0.3, -0.25) is 19.2 Å². The first-order valence-electron chi connectivity index (χ1n) is 12.0. The average Bonchev–Trinajstić information content (AvgIpc) is 3.54. The molecule has 2 heterocycles. The third-order valence-electron chi connectivity index (χ3n) is 5.83. The molecule has 1 aliphatic heterocycles. The number of carbonyl (C=O) groups excluding carboxylic acids is 3. The number of H-pyrrole nitrogens is 1. The highest BCUT2D eigenvalue weighted by atomic mass is 16.4. The summed E-state index contributed by atoms with van der Waals surface area (Å²) in [7, 11) is 0. The van der Waals surface area contributed by atoms with Crippen LogP contribution in [0.15, 0.2) is 12.5 Å². The van der Waals surface area contributed by atoms with Gasteiger partial charge in [-0.05, 0) is 51.6 Å². The Labute approximate surface area is 208 Å². The number of imidazole rings is 1. The van der Waals surface area contributed by atoms with Gasteiger partial charge in [0.1, 0.15) is 18.1 Å². The highest BCUT2D eigenvalue weighted by Crippen LogP contribution is 2.08. The molecule has 0 radical (unpaired) electrons. The van der Waals surface area contributed by atoms with Gasteiger partial charge < -0.3 is 42.2 Å². The van der Waals surface area contributed by atoms with E-state index in [4.69, 9.17) is 10.8 Å². The minimum atomic E-state index is -1.22. The molecular weight excluding hydrogens is 474 g/mol. The van der Waals surface area contributed by atoms with Crippen molar-refractivity contribution in [2.75, 3.05) is 13.1 Å². The number of aromatic nitrogens is 2. The van der Waals surface area contributed by atoms with Crippen molar-refractivity contribution in [3.63, 3.8) is 0 Å². The maximum atomic E-state index is 13.1. The molecule has 0 spiro atoms. The molecule has 1 saturated heterocycles. The molecular formula is C22H35N7O7. The fraction of sp³-hybridized carbons (Fsp3) is 0.636. The van der Waals surface area contributed by atoms with Crippen LogP contribution in [0.3, 0.4) is 0 Å². The molecule has 1 aliphatic rings. The van der Waals surface area contributed by atoms with Gasteiger partial charge in [-0.25, -0.2) is 9.78 Å². The van der Waals surface area contributed by atoms with E-state index < -0.39 is 53.8 Å². The van der Waals surface area contributed by atoms with Gasteiger partial charge in [-0.1, -0.05) is 0 Å². The van der Waals surface area contributed by atoms with Crippen molar-refractivity contribution in [3.8, 4) is 0 Å². The van der Waals surface area contributed by atoms with E-state index in [0.717, 1.165) is 6.42 Å². The van der Waals surface area contributed by atoms with Crippen LogP contribution in [-0.4, -0.2) is 87.1 Å². The summed E-state index contributed by atoms with van der Waals surface area (Å²) in [6, 6.07) is -4.07. The molecule has 0 aromatic carbocycles. The van der Waals surface area contributed by atoms with Crippen molar-refractivity contribution in [2.45, 2.75) is 75.5 Å². The molecule has 4 unspecified atom stereocenters. The molecule has 0 saturated carbocycles. The van der Waals surface area contributed by atoms with Crippen molar-refractivity contribution in [2.24, 2.45) is 5.73 Å². The lowest BCUT2D eigenvalue weighted by atomic mass is 10.1. The number of carboxylic acids is 2. The van der Waals surface area contributed by atoms with Crippen molar-refractivity contribution < 1.29 is 34.2 Å². The van der Waals surface area contributed by atoms with Crippen molar-refractivity contribution in [3.05, 3.63) is 18.2 Å². The predicted octanol–water partition coefficient (Wildman–Crippen LogP) is -1.76. The van der Waals surface area contributed by atoms with E-state index in [1.807, 2.05) is 0 Å². The summed E-state index contributed by atoms with van der Waals surface area (Å²) < 4.78 is 0. The van der Waals surface area contributed by atoms with Gasteiger partial charge in [0.25, 0.3) is 0 Å². The fourth-order valence-electron chi connectivity index (χ4n) is 3.84. The second kappa shape index (κ2) is 14.8. The average molecular weight is 510 g/mol. The highest BCUT2D eigenvalue weighted by Gasteiger charge is 2.32. The van der Waals surface area contributed by atoms with E-state index in [9.17, 15) is 29.1 Å². The van der Waals surface area contributed by atoms with Crippen molar-refractivity contribution in [1.82, 2.24) is 31.2 Å². The van der Waals surface area contributed by atoms with Crippen LogP contribution < -0.4 is 27.0 Å². The zero-order valence-corrected chi connectivity index (χ0v) is 20.0. The molecule has 0 bridgehead atoms. The molecule has 1 aromatic rings. The molecule has 9 N–H and O–H groups in total. The van der Waals surface area contributed by atoms with Gasteiger partial charge in [0, 0.05) is 24.7 Å². The van der Waals surface area contributed by atoms with Crippen LogP contribution in [0.1, 0.15) is 50.6 Å². The molecule has 14 nitrogen and oxygen atoms in total. The smallest absolute Gasteiger partial charge is 0.326 e. The van der Waals surface area contributed by atoms with Gasteiger partial charge in [0.05, 0.1) is 12.4 Å². The molecule has 3 amide bonds. The van der Waals surface area contributed by atoms with Gasteiger partial charge in [-0.15, -0.1) is 0 Å². The number of nitrogens with one attached hydrogen (secondary N) is 5. The van der Waals surface area contributed by atoms with Crippen LogP contribution >= 0.6 is 0 Å². The van der Waals surface area contributed by atoms with E-state index in [1.165, 1.54) is 12.5 Å². The van der Waals surface area contributed by atoms with Crippen LogP contribution in [-0.2, 0) is 30.4 Å². The number of aromatic amines is 1. The molecule has 4 atom stereocenters. The lowest BCUT2D eigenvalue weighted by Crippen LogP contribution is -2.57. The number of nitrogens with zero attached hydrogens (tertiary/aromatic N) is 1. The van der Waals surface area contributed by atoms with Crippen LogP contribution in [0.25, 0.3) is 0 Å². The summed E-state index contributed by atoms with van der Waals surface area (Å²) in [4.78, 5) is 68.2. The van der Waals surface area contributed by atoms with Crippen molar-refractivity contribution >= 4 is 29.7 Å². The first-order valence-corrected chi connectivity index (χ1v) is 12.0. The number of carbonyl (C=O) groups is 5. The van der Waals surface area contributed by atoms with Crippen LogP contribution in [0.4, 0.5) is 0 Å². The Kier molecular flexibility index (Phi) is 11.8. The molecule has 14 heteroatoms. The van der Waals surface area contributed by atoms with Gasteiger partial charge >= 0.3 is 11.9 Å². The number of aliphatic carboxylic acids is 2. The minimum Gasteiger partial charge on any atom is -0.481 e. The summed E-state index contributed by atoms with van der Waals surface area (Å²) in [6.45, 7) is 1.05. The summed E-state index contributed by atoms with van der Waals surface area (Å²) in [5.74, 6) is -4.29. The fourth-order valence-corrected chi connectivity index (χ4v) is 3.84. The quantitative estimate of drug-likeness (QED) is 0.117. The normalized spacial score (nSPS) is 17.5. The topological polar surface area (TPSA) is 229 Å². The Morgan fingerprint density at radius 1 is 1.03 bits per heavy atom. The summed E-state index contributed by atoms with van der Waals surface area (Å²) >= 11 is 0. The monoisotopic (exact) mass is 509 g/mol. The lowest BCUT2D eigenvalue weighted by Gasteiger charge is -2.25. The summed E-state index contributed by atoms with van der Waals surface area (Å²) in [5, 5.41) is 29.2. The van der Waals surface area contributed by atoms with E-state index in [-0.39, 0.29) is 25.7 Å². The second-order valence-electron chi connectivity index (χ2n) is 8.67. The largest absolute Gasteiger partial charge is 0.481 e. The third-order valence-corrected chi connectivity index (χ3v) is 5.83. The Morgan fingerprint density at radius 2 is 1.75 bits per heavy atom. The van der Waals surface area contributed by atoms with Crippen LogP contribution in [0, 0.1) is 0 Å². The maximum Gasteiger partial charge on any atom is 0.326 e. The van der Waals surface area contributed by atoms with Crippen LogP contribution in [0.2, 0.25) is 0 Å². The first-order chi connectivity index (χ1) is 17.2. The number of hydrogen-bond donors (Lipinski definition) is 8. The van der Waals surface area contributed by atoms with Gasteiger partial charge in [0.2, 0.25) is 17.7 Å². The zero-order valence-electron chi connectivity index (χ0n) is 20.0. The Morgan fingerprint density at radius 3 is 2.33 bits per heavy atom. The van der Waals surface area contributed by atoms with E-state index in [0.29, 0.717) is 38.0 Å². The molecule has 36 heavy (non-hydrogen) atoms. The van der Waals surface area contributed by atoms with E-state index in [1.54, 1.807) is 0 Å². The minimum absolute atomic E-state index is 0.0313. The predicted molar refractivity (Wildman–Crippen MR) is 127 cm³/mol. The number of carboxylic acid groups (broad SMARTS) is 2. The number of hydrogen-bond acceptors (Lipinski definition) is 8. The number of amides is 3. The Balaban J connectivity index is 2.14. The molecule has 1 aromatic heterocycles. The van der Waals surface area contributed by atoms with Gasteiger partial charge in [0.15, 0.2) is 0 Å². The first kappa shape index (κ1) is 28.7. The lowest BCUT2D eigenvalue weighted by molar-refractivity contribution is -0.142. The number of unbranched alkanes of at least 4 members (excludes halogenated alkanes) is 1. The Hall–Kier alpha value is -3.52. The van der Waals surface area contributed by atoms with Crippen LogP contribution in [0.5, 0.6) is 0 Å². The summed E-state index contributed by atoms with van der Waals surface area (Å²) in [5.41, 5.74) is 5.96. The van der Waals surface area contributed by atoms with Crippen molar-refractivity contribution in [1.29, 1.82) is 0 Å². The summed E-state index contributed by atoms with van der Waals surface area (Å²) in [6.07, 6.45) is 4.88. The Bertz CT molecular complexity index is 887. The van der Waals surface area contributed by atoms with E-state index in [2.05, 4.69) is 31.2 Å². The SMILES string of the molecule is NCCCCC(NC(=O)C(Cc1cnc[nH]1)NC(=O)C(CCC(=O)O)NC(=O)C1CCCN1)C(=O)O. The molecule has 200 valence electrons. The molecule has 2 rings (SSSR count). The van der Waals surface area contributed by atoms with E-state index >= 15 is 0 Å². The van der Waals surface area contributed by atoms with Gasteiger partial charge in [-0.2, -0.15) is 0 Å². The maximum absolute atomic E-state index is 13.1. The number of rotatable bonds is 16. The number of nitrogens with two attached hydrogens (primary N) is 1. The molecule has 1 fully saturated rings. The third kappa shape index (κ3) is 9.62. The highest BCUT2D eigenvalue weighted by molar-refractivity contribution is 5.94. The molecule has 0 aliphatic carbocycles. The zero-order chi connectivity index (χ0) is 26.5. The second-order valence-corrected chi connectivity index (χ2v) is 8.67. The standard InChI is InChI=1S/C22H35N7O7/c23-8-2-1-4-16(22(35)36)28-21(34)17(10-13-11-24-12-26-13)29-20(33)15(6-7-18(30)31)27-19(32)14-5-3-9-25-14/h11-12,14-17,25H,1-10,23H2,(H,24,26)(H,27,32)(H,28,34)(H,29,33)(H,30,31)(H,35,36).